The molecular weight excluding hydrogens is 246 g/mol. The van der Waals surface area contributed by atoms with Crippen molar-refractivity contribution in [3.63, 3.8) is 0 Å². The molecule has 0 aliphatic carbocycles. The summed E-state index contributed by atoms with van der Waals surface area (Å²) in [6, 6.07) is 0. The minimum atomic E-state index is -0.194. The first-order chi connectivity index (χ1) is 8.47. The van der Waals surface area contributed by atoms with Gasteiger partial charge in [0, 0.05) is 17.4 Å². The van der Waals surface area contributed by atoms with E-state index in [1.54, 1.807) is 11.3 Å². The van der Waals surface area contributed by atoms with Gasteiger partial charge in [-0.1, -0.05) is 20.8 Å². The highest BCUT2D eigenvalue weighted by Crippen LogP contribution is 2.25. The van der Waals surface area contributed by atoms with Gasteiger partial charge < -0.3 is 4.74 Å². The van der Waals surface area contributed by atoms with Crippen molar-refractivity contribution < 1.29 is 9.53 Å². The number of rotatable bonds is 3. The molecule has 0 N–H and O–H groups in total. The van der Waals surface area contributed by atoms with E-state index in [1.165, 1.54) is 0 Å². The Hall–Kier alpha value is -0.740. The van der Waals surface area contributed by atoms with Crippen molar-refractivity contribution in [1.29, 1.82) is 0 Å². The number of hydrogen-bond acceptors (Lipinski definition) is 4. The number of aromatic nitrogens is 1. The first-order valence-electron chi connectivity index (χ1n) is 6.56. The summed E-state index contributed by atoms with van der Waals surface area (Å²) in [6.07, 6.45) is 3.28. The van der Waals surface area contributed by atoms with Crippen LogP contribution in [0, 0.1) is 0 Å². The summed E-state index contributed by atoms with van der Waals surface area (Å²) in [5.74, 6) is 0.185. The van der Waals surface area contributed by atoms with Gasteiger partial charge >= 0.3 is 0 Å². The van der Waals surface area contributed by atoms with E-state index in [2.05, 4.69) is 31.1 Å². The molecule has 0 radical (unpaired) electrons. The van der Waals surface area contributed by atoms with Gasteiger partial charge in [-0.3, -0.25) is 4.79 Å². The molecule has 0 aromatic carbocycles. The standard InChI is InChI=1S/C14H21NO2S/c1-14(2,3)12-9-18-13(15-12)8-10(16)11-6-4-5-7-17-11/h9,11H,4-8H2,1-3H3. The van der Waals surface area contributed by atoms with Crippen LogP contribution in [0.25, 0.3) is 0 Å². The maximum atomic E-state index is 12.1. The molecule has 0 bridgehead atoms. The lowest BCUT2D eigenvalue weighted by molar-refractivity contribution is -0.132. The van der Waals surface area contributed by atoms with Crippen molar-refractivity contribution in [2.45, 2.75) is 58.0 Å². The van der Waals surface area contributed by atoms with Gasteiger partial charge in [-0.05, 0) is 19.3 Å². The second-order valence-electron chi connectivity index (χ2n) is 5.87. The summed E-state index contributed by atoms with van der Waals surface area (Å²) in [5.41, 5.74) is 1.12. The number of carbonyl (C=O) groups excluding carboxylic acids is 1. The quantitative estimate of drug-likeness (QED) is 0.844. The maximum Gasteiger partial charge on any atom is 0.168 e. The smallest absolute Gasteiger partial charge is 0.168 e. The summed E-state index contributed by atoms with van der Waals surface area (Å²) >= 11 is 1.58. The van der Waals surface area contributed by atoms with Crippen LogP contribution in [0.4, 0.5) is 0 Å². The fraction of sp³-hybridized carbons (Fsp3) is 0.714. The van der Waals surface area contributed by atoms with Crippen LogP contribution in [0.15, 0.2) is 5.38 Å². The van der Waals surface area contributed by atoms with Crippen molar-refractivity contribution in [1.82, 2.24) is 4.98 Å². The normalized spacial score (nSPS) is 20.9. The highest BCUT2D eigenvalue weighted by Gasteiger charge is 2.24. The number of ketones is 1. The van der Waals surface area contributed by atoms with Crippen LogP contribution in [0.5, 0.6) is 0 Å². The Labute approximate surface area is 113 Å². The second-order valence-corrected chi connectivity index (χ2v) is 6.82. The Morgan fingerprint density at radius 1 is 1.50 bits per heavy atom. The second kappa shape index (κ2) is 5.49. The maximum absolute atomic E-state index is 12.1. The van der Waals surface area contributed by atoms with Crippen molar-refractivity contribution >= 4 is 17.1 Å². The molecular formula is C14H21NO2S. The van der Waals surface area contributed by atoms with Gasteiger partial charge in [0.2, 0.25) is 0 Å². The van der Waals surface area contributed by atoms with Crippen molar-refractivity contribution in [3.05, 3.63) is 16.1 Å². The van der Waals surface area contributed by atoms with E-state index in [0.717, 1.165) is 36.6 Å². The zero-order valence-electron chi connectivity index (χ0n) is 11.4. The van der Waals surface area contributed by atoms with Gasteiger partial charge in [0.15, 0.2) is 5.78 Å². The molecule has 1 aliphatic heterocycles. The van der Waals surface area contributed by atoms with Crippen LogP contribution in [-0.2, 0) is 21.4 Å². The summed E-state index contributed by atoms with van der Waals surface area (Å²) in [7, 11) is 0. The molecule has 1 unspecified atom stereocenters. The Kier molecular flexibility index (Phi) is 4.17. The third-order valence-electron chi connectivity index (χ3n) is 3.18. The van der Waals surface area contributed by atoms with E-state index in [0.29, 0.717) is 6.42 Å². The number of hydrogen-bond donors (Lipinski definition) is 0. The zero-order chi connectivity index (χ0) is 13.2. The third-order valence-corrected chi connectivity index (χ3v) is 4.03. The molecule has 100 valence electrons. The molecule has 1 aromatic rings. The first-order valence-corrected chi connectivity index (χ1v) is 7.44. The van der Waals surface area contributed by atoms with Crippen LogP contribution in [0.3, 0.4) is 0 Å². The fourth-order valence-corrected chi connectivity index (χ4v) is 3.02. The van der Waals surface area contributed by atoms with Crippen molar-refractivity contribution in [2.75, 3.05) is 6.61 Å². The molecule has 18 heavy (non-hydrogen) atoms. The van der Waals surface area contributed by atoms with Gasteiger partial charge in [0.25, 0.3) is 0 Å². The number of Topliss-reactive ketones (excluding diaryl/α,β-unsaturated/α-hetero) is 1. The third kappa shape index (κ3) is 3.39. The van der Waals surface area contributed by atoms with Crippen LogP contribution in [-0.4, -0.2) is 23.5 Å². The van der Waals surface area contributed by atoms with Crippen LogP contribution in [0.2, 0.25) is 0 Å². The van der Waals surface area contributed by atoms with Gasteiger partial charge in [-0.2, -0.15) is 0 Å². The predicted molar refractivity (Wildman–Crippen MR) is 73.1 cm³/mol. The van der Waals surface area contributed by atoms with Crippen molar-refractivity contribution in [2.24, 2.45) is 0 Å². The van der Waals surface area contributed by atoms with E-state index < -0.39 is 0 Å². The van der Waals surface area contributed by atoms with E-state index >= 15 is 0 Å². The monoisotopic (exact) mass is 267 g/mol. The molecule has 0 spiro atoms. The van der Waals surface area contributed by atoms with Gasteiger partial charge in [0.05, 0.1) is 12.1 Å². The van der Waals surface area contributed by atoms with E-state index in [1.807, 2.05) is 0 Å². The molecule has 0 saturated carbocycles. The minimum Gasteiger partial charge on any atom is -0.370 e. The molecule has 2 heterocycles. The van der Waals surface area contributed by atoms with Crippen molar-refractivity contribution in [3.8, 4) is 0 Å². The van der Waals surface area contributed by atoms with E-state index in [9.17, 15) is 4.79 Å². The van der Waals surface area contributed by atoms with E-state index in [-0.39, 0.29) is 17.3 Å². The molecule has 1 saturated heterocycles. The molecule has 1 atom stereocenters. The lowest BCUT2D eigenvalue weighted by atomic mass is 9.93. The van der Waals surface area contributed by atoms with Gasteiger partial charge in [-0.15, -0.1) is 11.3 Å². The average Bonchev–Trinajstić information content (AvgIpc) is 2.78. The molecule has 1 fully saturated rings. The molecule has 2 rings (SSSR count). The summed E-state index contributed by atoms with van der Waals surface area (Å²) in [5, 5.41) is 2.98. The van der Waals surface area contributed by atoms with Gasteiger partial charge in [-0.25, -0.2) is 4.98 Å². The minimum absolute atomic E-state index is 0.0547. The number of nitrogens with zero attached hydrogens (tertiary/aromatic N) is 1. The number of ether oxygens (including phenoxy) is 1. The molecule has 1 aromatic heterocycles. The highest BCUT2D eigenvalue weighted by molar-refractivity contribution is 7.09. The summed E-state index contributed by atoms with van der Waals surface area (Å²) in [6.45, 7) is 7.13. The number of carbonyl (C=O) groups is 1. The Balaban J connectivity index is 1.96. The van der Waals surface area contributed by atoms with Crippen LogP contribution in [0.1, 0.15) is 50.7 Å². The first kappa shape index (κ1) is 13.7. The lowest BCUT2D eigenvalue weighted by Crippen LogP contribution is -2.29. The molecule has 0 amide bonds. The number of thiazole rings is 1. The SMILES string of the molecule is CC(C)(C)c1csc(CC(=O)C2CCCCO2)n1. The Bertz CT molecular complexity index is 414. The average molecular weight is 267 g/mol. The topological polar surface area (TPSA) is 39.2 Å². The van der Waals surface area contributed by atoms with Crippen LogP contribution < -0.4 is 0 Å². The Morgan fingerprint density at radius 3 is 2.83 bits per heavy atom. The largest absolute Gasteiger partial charge is 0.370 e. The van der Waals surface area contributed by atoms with E-state index in [4.69, 9.17) is 4.74 Å². The highest BCUT2D eigenvalue weighted by atomic mass is 32.1. The Morgan fingerprint density at radius 2 is 2.28 bits per heavy atom. The summed E-state index contributed by atoms with van der Waals surface area (Å²) < 4.78 is 5.51. The molecule has 3 nitrogen and oxygen atoms in total. The predicted octanol–water partition coefficient (Wildman–Crippen LogP) is 3.12. The van der Waals surface area contributed by atoms with Crippen LogP contribution >= 0.6 is 11.3 Å². The fourth-order valence-electron chi connectivity index (χ4n) is 1.99. The van der Waals surface area contributed by atoms with Gasteiger partial charge in [0.1, 0.15) is 11.1 Å². The summed E-state index contributed by atoms with van der Waals surface area (Å²) in [4.78, 5) is 16.6. The molecule has 1 aliphatic rings. The molecule has 4 heteroatoms. The lowest BCUT2D eigenvalue weighted by Gasteiger charge is -2.20. The zero-order valence-corrected chi connectivity index (χ0v) is 12.2.